The summed E-state index contributed by atoms with van der Waals surface area (Å²) < 4.78 is 5.31. The Hall–Kier alpha value is -2.08. The molecule has 0 radical (unpaired) electrons. The number of benzene rings is 1. The van der Waals surface area contributed by atoms with Gasteiger partial charge in [-0.25, -0.2) is 0 Å². The van der Waals surface area contributed by atoms with Crippen LogP contribution in [0.4, 0.5) is 11.4 Å². The largest absolute Gasteiger partial charge is 0.378 e. The van der Waals surface area contributed by atoms with E-state index in [0.29, 0.717) is 31.9 Å². The molecule has 3 heterocycles. The Kier molecular flexibility index (Phi) is 3.92. The van der Waals surface area contributed by atoms with Crippen LogP contribution in [-0.4, -0.2) is 62.7 Å². The van der Waals surface area contributed by atoms with Gasteiger partial charge < -0.3 is 19.4 Å². The topological polar surface area (TPSA) is 53.1 Å². The lowest BCUT2D eigenvalue weighted by molar-refractivity contribution is -0.120. The predicted octanol–water partition coefficient (Wildman–Crippen LogP) is 1.49. The molecule has 6 nitrogen and oxygen atoms in total. The summed E-state index contributed by atoms with van der Waals surface area (Å²) >= 11 is 0. The van der Waals surface area contributed by atoms with E-state index in [4.69, 9.17) is 4.74 Å². The molecular formula is C18H23N3O3. The molecule has 0 saturated carbocycles. The van der Waals surface area contributed by atoms with Gasteiger partial charge in [-0.1, -0.05) is 0 Å². The summed E-state index contributed by atoms with van der Waals surface area (Å²) in [6.07, 6.45) is 3.13. The minimum atomic E-state index is -0.0444. The number of amides is 2. The molecule has 2 fully saturated rings. The van der Waals surface area contributed by atoms with Gasteiger partial charge in [0.25, 0.3) is 5.91 Å². The Bertz CT molecular complexity index is 669. The molecule has 1 unspecified atom stereocenters. The van der Waals surface area contributed by atoms with Crippen molar-refractivity contribution in [3.8, 4) is 0 Å². The van der Waals surface area contributed by atoms with Gasteiger partial charge in [0.05, 0.1) is 24.6 Å². The average Bonchev–Trinajstić information content (AvgIpc) is 2.66. The van der Waals surface area contributed by atoms with Crippen molar-refractivity contribution in [1.82, 2.24) is 4.90 Å². The molecule has 4 rings (SSSR count). The number of anilines is 2. The first kappa shape index (κ1) is 15.4. The van der Waals surface area contributed by atoms with E-state index in [0.717, 1.165) is 37.2 Å². The Morgan fingerprint density at radius 1 is 1.12 bits per heavy atom. The molecule has 24 heavy (non-hydrogen) atoms. The summed E-state index contributed by atoms with van der Waals surface area (Å²) in [5.74, 6) is 0.154. The van der Waals surface area contributed by atoms with Crippen LogP contribution < -0.4 is 9.80 Å². The lowest BCUT2D eigenvalue weighted by Gasteiger charge is -2.44. The monoisotopic (exact) mass is 329 g/mol. The van der Waals surface area contributed by atoms with Crippen LogP contribution in [0.2, 0.25) is 0 Å². The van der Waals surface area contributed by atoms with E-state index >= 15 is 0 Å². The van der Waals surface area contributed by atoms with E-state index in [1.54, 1.807) is 4.90 Å². The van der Waals surface area contributed by atoms with Gasteiger partial charge in [0.2, 0.25) is 5.91 Å². The fraction of sp³-hybridized carbons (Fsp3) is 0.556. The van der Waals surface area contributed by atoms with Crippen LogP contribution in [0.1, 0.15) is 29.6 Å². The number of morpholine rings is 1. The number of nitrogens with zero attached hydrogens (tertiary/aromatic N) is 3. The lowest BCUT2D eigenvalue weighted by Crippen LogP contribution is -2.54. The minimum absolute atomic E-state index is 0.0164. The van der Waals surface area contributed by atoms with E-state index < -0.39 is 0 Å². The zero-order valence-corrected chi connectivity index (χ0v) is 14.0. The van der Waals surface area contributed by atoms with Crippen LogP contribution in [0.3, 0.4) is 0 Å². The number of fused-ring (bicyclic) bond motifs is 3. The van der Waals surface area contributed by atoms with Crippen molar-refractivity contribution in [3.63, 3.8) is 0 Å². The molecule has 1 atom stereocenters. The highest BCUT2D eigenvalue weighted by atomic mass is 16.5. The number of carbonyl (C=O) groups excluding carboxylic acids is 2. The highest BCUT2D eigenvalue weighted by molar-refractivity contribution is 6.07. The number of piperidine rings is 1. The molecular weight excluding hydrogens is 306 g/mol. The fourth-order valence-corrected chi connectivity index (χ4v) is 3.94. The maximum atomic E-state index is 12.7. The van der Waals surface area contributed by atoms with Crippen molar-refractivity contribution < 1.29 is 14.3 Å². The van der Waals surface area contributed by atoms with Crippen molar-refractivity contribution in [3.05, 3.63) is 23.8 Å². The van der Waals surface area contributed by atoms with E-state index in [1.807, 2.05) is 30.1 Å². The maximum absolute atomic E-state index is 12.7. The maximum Gasteiger partial charge on any atom is 0.254 e. The fourth-order valence-electron chi connectivity index (χ4n) is 3.94. The van der Waals surface area contributed by atoms with Crippen LogP contribution in [0.5, 0.6) is 0 Å². The van der Waals surface area contributed by atoms with Crippen LogP contribution in [0.15, 0.2) is 18.2 Å². The van der Waals surface area contributed by atoms with Crippen molar-refractivity contribution in [2.45, 2.75) is 25.3 Å². The Morgan fingerprint density at radius 3 is 2.71 bits per heavy atom. The van der Waals surface area contributed by atoms with E-state index in [-0.39, 0.29) is 17.9 Å². The molecule has 0 aliphatic carbocycles. The van der Waals surface area contributed by atoms with Crippen molar-refractivity contribution >= 4 is 23.2 Å². The summed E-state index contributed by atoms with van der Waals surface area (Å²) in [5.41, 5.74) is 2.56. The van der Waals surface area contributed by atoms with E-state index in [1.165, 1.54) is 0 Å². The van der Waals surface area contributed by atoms with Gasteiger partial charge in [-0.05, 0) is 37.5 Å². The zero-order chi connectivity index (χ0) is 16.7. The second-order valence-corrected chi connectivity index (χ2v) is 6.71. The second kappa shape index (κ2) is 6.09. The average molecular weight is 329 g/mol. The van der Waals surface area contributed by atoms with Gasteiger partial charge in [0, 0.05) is 32.2 Å². The third-order valence-corrected chi connectivity index (χ3v) is 5.31. The van der Waals surface area contributed by atoms with Crippen LogP contribution in [0, 0.1) is 0 Å². The number of hydrogen-bond acceptors (Lipinski definition) is 4. The summed E-state index contributed by atoms with van der Waals surface area (Å²) in [7, 11) is 1.82. The van der Waals surface area contributed by atoms with Gasteiger partial charge in [-0.15, -0.1) is 0 Å². The molecule has 1 aromatic carbocycles. The molecule has 1 aromatic rings. The Labute approximate surface area is 142 Å². The molecule has 128 valence electrons. The molecule has 3 aliphatic heterocycles. The van der Waals surface area contributed by atoms with Crippen LogP contribution in [-0.2, 0) is 9.53 Å². The van der Waals surface area contributed by atoms with Crippen molar-refractivity contribution in [2.75, 3.05) is 49.7 Å². The third kappa shape index (κ3) is 2.45. The summed E-state index contributed by atoms with van der Waals surface area (Å²) in [5, 5.41) is 0. The highest BCUT2D eigenvalue weighted by Crippen LogP contribution is 2.39. The number of carbonyl (C=O) groups is 2. The minimum Gasteiger partial charge on any atom is -0.378 e. The SMILES string of the molecule is CN1C(=O)C2CCCCN2c2ccc(C(=O)N3CCOCC3)cc21. The summed E-state index contributed by atoms with van der Waals surface area (Å²) in [6, 6.07) is 5.73. The van der Waals surface area contributed by atoms with Crippen molar-refractivity contribution in [1.29, 1.82) is 0 Å². The Balaban J connectivity index is 1.67. The molecule has 2 saturated heterocycles. The summed E-state index contributed by atoms with van der Waals surface area (Å²) in [4.78, 5) is 31.1. The first-order valence-electron chi connectivity index (χ1n) is 8.72. The number of ether oxygens (including phenoxy) is 1. The number of rotatable bonds is 1. The first-order chi connectivity index (χ1) is 11.7. The zero-order valence-electron chi connectivity index (χ0n) is 14.0. The Morgan fingerprint density at radius 2 is 1.92 bits per heavy atom. The van der Waals surface area contributed by atoms with Gasteiger partial charge in [0.1, 0.15) is 6.04 Å². The first-order valence-corrected chi connectivity index (χ1v) is 8.72. The second-order valence-electron chi connectivity index (χ2n) is 6.71. The molecule has 3 aliphatic rings. The summed E-state index contributed by atoms with van der Waals surface area (Å²) in [6.45, 7) is 3.33. The standard InChI is InChI=1S/C18H23N3O3/c1-19-16-12-13(17(22)20-8-10-24-11-9-20)5-6-14(16)21-7-3-2-4-15(21)18(19)23/h5-6,12,15H,2-4,7-11H2,1H3. The van der Waals surface area contributed by atoms with Gasteiger partial charge in [-0.2, -0.15) is 0 Å². The molecule has 0 spiro atoms. The van der Waals surface area contributed by atoms with E-state index in [2.05, 4.69) is 4.90 Å². The molecule has 2 amide bonds. The molecule has 0 aromatic heterocycles. The smallest absolute Gasteiger partial charge is 0.254 e. The number of hydrogen-bond donors (Lipinski definition) is 0. The third-order valence-electron chi connectivity index (χ3n) is 5.31. The molecule has 0 N–H and O–H groups in total. The highest BCUT2D eigenvalue weighted by Gasteiger charge is 2.38. The lowest BCUT2D eigenvalue weighted by atomic mass is 9.95. The van der Waals surface area contributed by atoms with Crippen molar-refractivity contribution in [2.24, 2.45) is 0 Å². The quantitative estimate of drug-likeness (QED) is 0.783. The van der Waals surface area contributed by atoms with Gasteiger partial charge in [-0.3, -0.25) is 9.59 Å². The van der Waals surface area contributed by atoms with Gasteiger partial charge >= 0.3 is 0 Å². The predicted molar refractivity (Wildman–Crippen MR) is 91.6 cm³/mol. The number of likely N-dealkylation sites (N-methyl/N-ethyl adjacent to an activating group) is 1. The van der Waals surface area contributed by atoms with Crippen LogP contribution in [0.25, 0.3) is 0 Å². The van der Waals surface area contributed by atoms with Crippen LogP contribution >= 0.6 is 0 Å². The van der Waals surface area contributed by atoms with E-state index in [9.17, 15) is 9.59 Å². The van der Waals surface area contributed by atoms with Gasteiger partial charge in [0.15, 0.2) is 0 Å². The molecule has 6 heteroatoms. The normalized spacial score (nSPS) is 23.8. The molecule has 0 bridgehead atoms.